The molecule has 0 bridgehead atoms. The number of hydrogen-bond donors (Lipinski definition) is 0. The molecule has 0 aliphatic heterocycles. The average molecular weight is 747 g/mol. The fraction of sp³-hybridized carbons (Fsp3) is 0.980. The molecule has 0 unspecified atom stereocenters. The van der Waals surface area contributed by atoms with Crippen LogP contribution in [0.3, 0.4) is 0 Å². The van der Waals surface area contributed by atoms with E-state index in [0.29, 0.717) is 13.0 Å². The Morgan fingerprint density at radius 2 is 0.415 bits per heavy atom. The minimum absolute atomic E-state index is 0.0321. The van der Waals surface area contributed by atoms with Crippen LogP contribution in [0.2, 0.25) is 0 Å². The smallest absolute Gasteiger partial charge is 0.305 e. The van der Waals surface area contributed by atoms with E-state index in [2.05, 4.69) is 13.8 Å². The van der Waals surface area contributed by atoms with Crippen molar-refractivity contribution in [1.29, 1.82) is 0 Å². The number of carbonyl (C=O) groups is 1. The van der Waals surface area contributed by atoms with Crippen LogP contribution in [0.15, 0.2) is 0 Å². The highest BCUT2D eigenvalue weighted by molar-refractivity contribution is 5.69. The van der Waals surface area contributed by atoms with E-state index >= 15 is 0 Å². The molecular formula is C51H102O2. The lowest BCUT2D eigenvalue weighted by Gasteiger charge is -2.06. The Balaban J connectivity index is 3.12. The molecule has 0 saturated heterocycles. The van der Waals surface area contributed by atoms with E-state index in [9.17, 15) is 4.79 Å². The molecule has 0 aliphatic carbocycles. The van der Waals surface area contributed by atoms with Crippen molar-refractivity contribution in [3.8, 4) is 0 Å². The summed E-state index contributed by atoms with van der Waals surface area (Å²) in [5, 5.41) is 0. The van der Waals surface area contributed by atoms with Gasteiger partial charge in [-0.25, -0.2) is 0 Å². The van der Waals surface area contributed by atoms with Crippen LogP contribution in [0.25, 0.3) is 0 Å². The van der Waals surface area contributed by atoms with E-state index in [0.717, 1.165) is 12.8 Å². The Labute approximate surface area is 336 Å². The molecule has 0 heterocycles. The summed E-state index contributed by atoms with van der Waals surface area (Å²) >= 11 is 0. The molecular weight excluding hydrogens is 645 g/mol. The molecule has 2 heteroatoms. The van der Waals surface area contributed by atoms with Crippen LogP contribution in [0.5, 0.6) is 0 Å². The van der Waals surface area contributed by atoms with E-state index in [4.69, 9.17) is 4.74 Å². The molecule has 0 radical (unpaired) electrons. The van der Waals surface area contributed by atoms with Crippen LogP contribution >= 0.6 is 0 Å². The number of hydrogen-bond acceptors (Lipinski definition) is 2. The number of carbonyl (C=O) groups excluding carboxylic acids is 1. The molecule has 0 N–H and O–H groups in total. The largest absolute Gasteiger partial charge is 0.466 e. The zero-order valence-electron chi connectivity index (χ0n) is 37.3. The van der Waals surface area contributed by atoms with Gasteiger partial charge in [0.15, 0.2) is 0 Å². The fourth-order valence-corrected chi connectivity index (χ4v) is 8.20. The number of esters is 1. The first-order chi connectivity index (χ1) is 26.3. The first-order valence-corrected chi connectivity index (χ1v) is 25.5. The zero-order valence-corrected chi connectivity index (χ0v) is 37.3. The van der Waals surface area contributed by atoms with Gasteiger partial charge in [-0.3, -0.25) is 4.79 Å². The molecule has 0 atom stereocenters. The predicted octanol–water partition coefficient (Wildman–Crippen LogP) is 18.9. The molecule has 2 nitrogen and oxygen atoms in total. The molecule has 0 amide bonds. The maximum absolute atomic E-state index is 12.0. The molecule has 53 heavy (non-hydrogen) atoms. The Bertz CT molecular complexity index is 644. The van der Waals surface area contributed by atoms with Gasteiger partial charge in [0.05, 0.1) is 6.61 Å². The van der Waals surface area contributed by atoms with Gasteiger partial charge in [-0.05, 0) is 12.8 Å². The maximum atomic E-state index is 12.0. The third-order valence-corrected chi connectivity index (χ3v) is 12.0. The topological polar surface area (TPSA) is 26.3 Å². The van der Waals surface area contributed by atoms with E-state index in [1.807, 2.05) is 0 Å². The Kier molecular flexibility index (Phi) is 49.0. The zero-order chi connectivity index (χ0) is 38.2. The molecule has 0 aliphatic rings. The van der Waals surface area contributed by atoms with Gasteiger partial charge in [-0.15, -0.1) is 0 Å². The van der Waals surface area contributed by atoms with E-state index in [-0.39, 0.29) is 5.97 Å². The molecule has 0 saturated carbocycles. The quantitative estimate of drug-likeness (QED) is 0.0458. The summed E-state index contributed by atoms with van der Waals surface area (Å²) in [4.78, 5) is 12.0. The highest BCUT2D eigenvalue weighted by Crippen LogP contribution is 2.18. The van der Waals surface area contributed by atoms with Gasteiger partial charge in [0.1, 0.15) is 0 Å². The van der Waals surface area contributed by atoms with Gasteiger partial charge in [-0.2, -0.15) is 0 Å². The number of ether oxygens (including phenoxy) is 1. The van der Waals surface area contributed by atoms with Crippen LogP contribution < -0.4 is 0 Å². The normalized spacial score (nSPS) is 11.5. The standard InChI is InChI=1S/C51H102O2/c1-3-5-7-9-11-13-15-17-18-19-20-21-22-23-24-25-26-27-28-29-30-31-32-33-34-35-36-37-39-41-43-45-47-49-51(52)53-50-48-46-44-42-40-38-16-14-12-10-8-6-4-2/h3-50H2,1-2H3. The predicted molar refractivity (Wildman–Crippen MR) is 239 cm³/mol. The molecule has 0 fully saturated rings. The first-order valence-electron chi connectivity index (χ1n) is 25.5. The summed E-state index contributed by atoms with van der Waals surface area (Å²) in [6, 6.07) is 0. The van der Waals surface area contributed by atoms with Gasteiger partial charge in [0.25, 0.3) is 0 Å². The summed E-state index contributed by atoms with van der Waals surface area (Å²) in [5.41, 5.74) is 0. The van der Waals surface area contributed by atoms with Crippen molar-refractivity contribution in [2.24, 2.45) is 0 Å². The van der Waals surface area contributed by atoms with Gasteiger partial charge in [0, 0.05) is 6.42 Å². The molecule has 318 valence electrons. The van der Waals surface area contributed by atoms with Crippen molar-refractivity contribution in [3.05, 3.63) is 0 Å². The number of rotatable bonds is 48. The molecule has 0 rings (SSSR count). The van der Waals surface area contributed by atoms with Crippen LogP contribution in [0.1, 0.15) is 316 Å². The van der Waals surface area contributed by atoms with Crippen molar-refractivity contribution in [1.82, 2.24) is 0 Å². The van der Waals surface area contributed by atoms with Crippen LogP contribution in [0.4, 0.5) is 0 Å². The second kappa shape index (κ2) is 49.5. The van der Waals surface area contributed by atoms with Gasteiger partial charge >= 0.3 is 5.97 Å². The van der Waals surface area contributed by atoms with E-state index in [1.54, 1.807) is 0 Å². The second-order valence-corrected chi connectivity index (χ2v) is 17.5. The van der Waals surface area contributed by atoms with Gasteiger partial charge < -0.3 is 4.74 Å². The minimum atomic E-state index is 0.0321. The summed E-state index contributed by atoms with van der Waals surface area (Å²) in [5.74, 6) is 0.0321. The molecule has 0 aromatic rings. The van der Waals surface area contributed by atoms with Gasteiger partial charge in [0.2, 0.25) is 0 Å². The minimum Gasteiger partial charge on any atom is -0.466 e. The van der Waals surface area contributed by atoms with Gasteiger partial charge in [-0.1, -0.05) is 296 Å². The lowest BCUT2D eigenvalue weighted by atomic mass is 10.0. The Morgan fingerprint density at radius 3 is 0.623 bits per heavy atom. The Morgan fingerprint density at radius 1 is 0.245 bits per heavy atom. The van der Waals surface area contributed by atoms with Crippen molar-refractivity contribution in [2.75, 3.05) is 6.61 Å². The maximum Gasteiger partial charge on any atom is 0.305 e. The second-order valence-electron chi connectivity index (χ2n) is 17.5. The summed E-state index contributed by atoms with van der Waals surface area (Å²) in [6.07, 6.45) is 65.4. The molecule has 0 aromatic carbocycles. The monoisotopic (exact) mass is 747 g/mol. The van der Waals surface area contributed by atoms with Crippen LogP contribution in [0, 0.1) is 0 Å². The summed E-state index contributed by atoms with van der Waals surface area (Å²) < 4.78 is 5.47. The highest BCUT2D eigenvalue weighted by atomic mass is 16.5. The average Bonchev–Trinajstić information content (AvgIpc) is 3.16. The highest BCUT2D eigenvalue weighted by Gasteiger charge is 2.03. The SMILES string of the molecule is CCCCCCCCCCCCCCCCCCCCCCCCCCCCCCCCCCCC(=O)OCCCCCCCCCCCCCCC. The molecule has 0 spiro atoms. The van der Waals surface area contributed by atoms with Crippen LogP contribution in [-0.4, -0.2) is 12.6 Å². The third kappa shape index (κ3) is 49.5. The van der Waals surface area contributed by atoms with Crippen molar-refractivity contribution < 1.29 is 9.53 Å². The van der Waals surface area contributed by atoms with E-state index < -0.39 is 0 Å². The third-order valence-electron chi connectivity index (χ3n) is 12.0. The van der Waals surface area contributed by atoms with Crippen LogP contribution in [-0.2, 0) is 9.53 Å². The van der Waals surface area contributed by atoms with E-state index in [1.165, 1.54) is 283 Å². The first kappa shape index (κ1) is 52.5. The number of unbranched alkanes of at least 4 members (excludes halogenated alkanes) is 44. The lowest BCUT2D eigenvalue weighted by Crippen LogP contribution is -2.05. The Hall–Kier alpha value is -0.530. The van der Waals surface area contributed by atoms with Crippen molar-refractivity contribution in [3.63, 3.8) is 0 Å². The lowest BCUT2D eigenvalue weighted by molar-refractivity contribution is -0.143. The van der Waals surface area contributed by atoms with Crippen molar-refractivity contribution in [2.45, 2.75) is 316 Å². The fourth-order valence-electron chi connectivity index (χ4n) is 8.20. The summed E-state index contributed by atoms with van der Waals surface area (Å²) in [7, 11) is 0. The molecule has 0 aromatic heterocycles. The summed E-state index contributed by atoms with van der Waals surface area (Å²) in [6.45, 7) is 5.23. The van der Waals surface area contributed by atoms with Crippen molar-refractivity contribution >= 4 is 5.97 Å².